The van der Waals surface area contributed by atoms with Gasteiger partial charge in [0.15, 0.2) is 0 Å². The van der Waals surface area contributed by atoms with Crippen molar-refractivity contribution in [1.29, 1.82) is 0 Å². The highest BCUT2D eigenvalue weighted by Crippen LogP contribution is 2.58. The molecular formula is C61H61N3. The van der Waals surface area contributed by atoms with E-state index < -0.39 is 5.41 Å². The van der Waals surface area contributed by atoms with Crippen molar-refractivity contribution < 1.29 is 0 Å². The predicted molar refractivity (Wildman–Crippen MR) is 278 cm³/mol. The van der Waals surface area contributed by atoms with Crippen molar-refractivity contribution in [3.63, 3.8) is 0 Å². The Morgan fingerprint density at radius 3 is 2.03 bits per heavy atom. The van der Waals surface area contributed by atoms with Crippen molar-refractivity contribution in [3.8, 4) is 22.3 Å². The molecule has 0 amide bonds. The van der Waals surface area contributed by atoms with E-state index in [1.165, 1.54) is 61.8 Å². The third kappa shape index (κ3) is 10.2. The summed E-state index contributed by atoms with van der Waals surface area (Å²) < 4.78 is 0. The average Bonchev–Trinajstić information content (AvgIpc) is 3.65. The summed E-state index contributed by atoms with van der Waals surface area (Å²) >= 11 is 0. The number of hydrogen-bond acceptors (Lipinski definition) is 3. The van der Waals surface area contributed by atoms with Crippen LogP contribution in [0.3, 0.4) is 0 Å². The Labute approximate surface area is 382 Å². The second-order valence-electron chi connectivity index (χ2n) is 15.3. The molecule has 6 aromatic carbocycles. The molecule has 2 aliphatic carbocycles. The minimum Gasteiger partial charge on any atom is -0.405 e. The number of fused-ring (bicyclic) bond motifs is 7. The molecule has 3 heteroatoms. The summed E-state index contributed by atoms with van der Waals surface area (Å²) in [5.41, 5.74) is 24.0. The van der Waals surface area contributed by atoms with Crippen molar-refractivity contribution in [2.75, 3.05) is 0 Å². The van der Waals surface area contributed by atoms with Gasteiger partial charge in [-0.2, -0.15) is 0 Å². The van der Waals surface area contributed by atoms with Crippen LogP contribution in [0.1, 0.15) is 78.5 Å². The van der Waals surface area contributed by atoms with Gasteiger partial charge in [0.25, 0.3) is 0 Å². The topological polar surface area (TPSA) is 64.1 Å². The zero-order valence-electron chi connectivity index (χ0n) is 37.5. The number of rotatable bonds is 12. The predicted octanol–water partition coefficient (Wildman–Crippen LogP) is 15.1. The fourth-order valence-electron chi connectivity index (χ4n) is 8.67. The largest absolute Gasteiger partial charge is 0.405 e. The van der Waals surface area contributed by atoms with Gasteiger partial charge in [-0.05, 0) is 103 Å². The first-order valence-electron chi connectivity index (χ1n) is 22.3. The molecule has 0 saturated heterocycles. The SMILES string of the molecule is C=C/C=C\C=C/N.C=C1/C=C\C=C/c2ccccc2C12c1ccccc1-c1ccc(-c3cccc(C(C=C/C=C(\CCC)c4ccccc4)/C=C(\NN)c4ccccc4)c3)cc12.CC. The maximum Gasteiger partial charge on any atom is 0.0713 e. The molecule has 2 unspecified atom stereocenters. The Morgan fingerprint density at radius 1 is 0.656 bits per heavy atom. The molecule has 8 rings (SSSR count). The highest BCUT2D eigenvalue weighted by molar-refractivity contribution is 5.90. The smallest absolute Gasteiger partial charge is 0.0713 e. The molecule has 0 aromatic heterocycles. The van der Waals surface area contributed by atoms with Crippen LogP contribution in [0.2, 0.25) is 0 Å². The number of allylic oxidation sites excluding steroid dienone is 13. The number of hydrazine groups is 1. The molecule has 64 heavy (non-hydrogen) atoms. The highest BCUT2D eigenvalue weighted by atomic mass is 15.2. The van der Waals surface area contributed by atoms with E-state index in [0.29, 0.717) is 0 Å². The fraction of sp³-hybridized carbons (Fsp3) is 0.115. The van der Waals surface area contributed by atoms with E-state index in [0.717, 1.165) is 35.2 Å². The number of nitrogens with two attached hydrogens (primary N) is 2. The molecule has 0 aliphatic heterocycles. The van der Waals surface area contributed by atoms with Crippen LogP contribution in [0.5, 0.6) is 0 Å². The quantitative estimate of drug-likeness (QED) is 0.0654. The molecular weight excluding hydrogens is 775 g/mol. The number of benzene rings is 6. The molecule has 0 radical (unpaired) electrons. The van der Waals surface area contributed by atoms with Gasteiger partial charge < -0.3 is 11.2 Å². The van der Waals surface area contributed by atoms with Crippen molar-refractivity contribution in [3.05, 3.63) is 282 Å². The molecule has 6 aromatic rings. The lowest BCUT2D eigenvalue weighted by molar-refractivity contribution is 0.767. The average molecular weight is 836 g/mol. The molecule has 0 heterocycles. The van der Waals surface area contributed by atoms with E-state index in [-0.39, 0.29) is 5.92 Å². The summed E-state index contributed by atoms with van der Waals surface area (Å²) in [6.45, 7) is 14.5. The second-order valence-corrected chi connectivity index (χ2v) is 15.3. The minimum atomic E-state index is -0.524. The Balaban J connectivity index is 0.000000691. The van der Waals surface area contributed by atoms with Gasteiger partial charge in [0.1, 0.15) is 0 Å². The van der Waals surface area contributed by atoms with E-state index in [4.69, 9.17) is 18.2 Å². The third-order valence-corrected chi connectivity index (χ3v) is 11.5. The van der Waals surface area contributed by atoms with Gasteiger partial charge in [-0.3, -0.25) is 5.84 Å². The van der Waals surface area contributed by atoms with E-state index in [1.807, 2.05) is 44.2 Å². The van der Waals surface area contributed by atoms with E-state index in [1.54, 1.807) is 12.2 Å². The number of hydrogen-bond donors (Lipinski definition) is 3. The van der Waals surface area contributed by atoms with Gasteiger partial charge in [0, 0.05) is 5.92 Å². The molecule has 1 spiro atoms. The summed E-state index contributed by atoms with van der Waals surface area (Å²) in [6.07, 6.45) is 28.2. The summed E-state index contributed by atoms with van der Waals surface area (Å²) in [5, 5.41) is 0. The van der Waals surface area contributed by atoms with Gasteiger partial charge in [-0.25, -0.2) is 0 Å². The first-order valence-corrected chi connectivity index (χ1v) is 22.3. The van der Waals surface area contributed by atoms with Crippen molar-refractivity contribution >= 4 is 17.3 Å². The zero-order chi connectivity index (χ0) is 45.2. The summed E-state index contributed by atoms with van der Waals surface area (Å²) in [5.74, 6) is 6.14. The van der Waals surface area contributed by atoms with Crippen LogP contribution in [0.25, 0.3) is 39.6 Å². The van der Waals surface area contributed by atoms with Crippen LogP contribution in [-0.2, 0) is 5.41 Å². The molecule has 0 fully saturated rings. The normalized spacial score (nSPS) is 16.7. The van der Waals surface area contributed by atoms with Gasteiger partial charge >= 0.3 is 0 Å². The molecule has 2 atom stereocenters. The molecule has 5 N–H and O–H groups in total. The summed E-state index contributed by atoms with van der Waals surface area (Å²) in [6, 6.07) is 54.5. The van der Waals surface area contributed by atoms with Gasteiger partial charge in [0.05, 0.1) is 11.1 Å². The van der Waals surface area contributed by atoms with Crippen LogP contribution in [0, 0.1) is 0 Å². The highest BCUT2D eigenvalue weighted by Gasteiger charge is 2.47. The van der Waals surface area contributed by atoms with Gasteiger partial charge in [-0.1, -0.05) is 247 Å². The molecule has 3 nitrogen and oxygen atoms in total. The van der Waals surface area contributed by atoms with Crippen LogP contribution in [0.15, 0.2) is 243 Å². The van der Waals surface area contributed by atoms with E-state index in [9.17, 15) is 0 Å². The van der Waals surface area contributed by atoms with Gasteiger partial charge in [-0.15, -0.1) is 0 Å². The monoisotopic (exact) mass is 835 g/mol. The first-order chi connectivity index (χ1) is 31.5. The molecule has 0 saturated carbocycles. The van der Waals surface area contributed by atoms with Crippen LogP contribution in [-0.4, -0.2) is 0 Å². The van der Waals surface area contributed by atoms with Crippen LogP contribution >= 0.6 is 0 Å². The maximum absolute atomic E-state index is 6.20. The van der Waals surface area contributed by atoms with Crippen LogP contribution < -0.4 is 17.0 Å². The van der Waals surface area contributed by atoms with E-state index >= 15 is 0 Å². The Kier molecular flexibility index (Phi) is 16.6. The summed E-state index contributed by atoms with van der Waals surface area (Å²) in [4.78, 5) is 0. The van der Waals surface area contributed by atoms with Crippen LogP contribution in [0.4, 0.5) is 0 Å². The lowest BCUT2D eigenvalue weighted by Gasteiger charge is -2.36. The lowest BCUT2D eigenvalue weighted by Crippen LogP contribution is -2.29. The van der Waals surface area contributed by atoms with Crippen molar-refractivity contribution in [2.24, 2.45) is 11.6 Å². The standard InChI is InChI=1S/C53H46N2.C6H9N.C2H6/c1-3-18-39(40-20-6-4-7-21-40)26-16-29-45(37-52(55-54)42-24-8-5-9-25-42)43-27-17-28-44(35-43)46-33-34-48-47-30-13-15-32-50(47)53(51(48)36-46)38(2)19-10-11-22-41-23-12-14-31-49(41)53;1-2-3-4-5-6-7;1-2/h4-17,19-37,45,55H,2-3,18,54H2,1H3;2-6H,1,7H2;1-2H3/b19-10-,22-11-,29-16?,39-26+,52-37-;4-3-,6-5-;. The maximum atomic E-state index is 6.20. The second kappa shape index (κ2) is 23.1. The Bertz CT molecular complexity index is 2720. The van der Waals surface area contributed by atoms with Gasteiger partial charge in [0.2, 0.25) is 0 Å². The summed E-state index contributed by atoms with van der Waals surface area (Å²) in [7, 11) is 0. The molecule has 0 bridgehead atoms. The Hall–Kier alpha value is -7.46. The lowest BCUT2D eigenvalue weighted by atomic mass is 9.65. The number of nitrogens with one attached hydrogen (secondary N) is 1. The molecule has 2 aliphatic rings. The molecule has 320 valence electrons. The minimum absolute atomic E-state index is 0.0553. The zero-order valence-corrected chi connectivity index (χ0v) is 37.5. The van der Waals surface area contributed by atoms with E-state index in [2.05, 4.69) is 201 Å². The Morgan fingerprint density at radius 2 is 1.31 bits per heavy atom. The first kappa shape index (κ1) is 46.1. The van der Waals surface area contributed by atoms with Crippen molar-refractivity contribution in [1.82, 2.24) is 5.43 Å². The fourth-order valence-corrected chi connectivity index (χ4v) is 8.67. The van der Waals surface area contributed by atoms with Crippen molar-refractivity contribution in [2.45, 2.75) is 44.9 Å². The third-order valence-electron chi connectivity index (χ3n) is 11.5.